The molecular formula is C18H30IN5O. The molecule has 140 valence electrons. The van der Waals surface area contributed by atoms with Crippen molar-refractivity contribution in [2.75, 3.05) is 53.4 Å². The third-order valence-corrected chi connectivity index (χ3v) is 5.01. The minimum absolute atomic E-state index is 0. The third kappa shape index (κ3) is 5.21. The molecular weight excluding hydrogens is 429 g/mol. The maximum absolute atomic E-state index is 5.47. The smallest absolute Gasteiger partial charge is 0.191 e. The summed E-state index contributed by atoms with van der Waals surface area (Å²) >= 11 is 0. The molecule has 0 saturated carbocycles. The number of aryl methyl sites for hydroxylation is 1. The van der Waals surface area contributed by atoms with Gasteiger partial charge >= 0.3 is 0 Å². The largest absolute Gasteiger partial charge is 0.496 e. The van der Waals surface area contributed by atoms with Crippen LogP contribution in [0.2, 0.25) is 0 Å². The first kappa shape index (κ1) is 20.3. The molecule has 2 bridgehead atoms. The van der Waals surface area contributed by atoms with Crippen molar-refractivity contribution in [2.24, 2.45) is 4.99 Å². The fourth-order valence-corrected chi connectivity index (χ4v) is 3.53. The summed E-state index contributed by atoms with van der Waals surface area (Å²) in [5, 5.41) is 6.86. The molecule has 3 aliphatic heterocycles. The average Bonchev–Trinajstić information content (AvgIpc) is 2.63. The topological polar surface area (TPSA) is 52.1 Å². The highest BCUT2D eigenvalue weighted by molar-refractivity contribution is 14.0. The molecule has 1 atom stereocenters. The molecule has 3 saturated heterocycles. The number of ether oxygens (including phenoxy) is 1. The van der Waals surface area contributed by atoms with E-state index in [9.17, 15) is 0 Å². The third-order valence-electron chi connectivity index (χ3n) is 5.01. The minimum Gasteiger partial charge on any atom is -0.496 e. The number of rotatable bonds is 5. The number of hydrogen-bond acceptors (Lipinski definition) is 4. The van der Waals surface area contributed by atoms with Crippen LogP contribution in [-0.4, -0.2) is 75.2 Å². The lowest BCUT2D eigenvalue weighted by Gasteiger charge is -2.47. The van der Waals surface area contributed by atoms with Crippen LogP contribution in [0.15, 0.2) is 23.2 Å². The van der Waals surface area contributed by atoms with Crippen molar-refractivity contribution in [2.45, 2.75) is 19.5 Å². The van der Waals surface area contributed by atoms with Gasteiger partial charge in [0.1, 0.15) is 5.75 Å². The lowest BCUT2D eigenvalue weighted by Crippen LogP contribution is -2.63. The number of piperazine rings is 3. The Labute approximate surface area is 168 Å². The van der Waals surface area contributed by atoms with Gasteiger partial charge in [0.05, 0.1) is 7.11 Å². The molecule has 0 aromatic heterocycles. The quantitative estimate of drug-likeness (QED) is 0.395. The predicted octanol–water partition coefficient (Wildman–Crippen LogP) is 1.29. The maximum Gasteiger partial charge on any atom is 0.191 e. The molecule has 25 heavy (non-hydrogen) atoms. The summed E-state index contributed by atoms with van der Waals surface area (Å²) in [5.41, 5.74) is 2.34. The zero-order valence-corrected chi connectivity index (χ0v) is 17.7. The van der Waals surface area contributed by atoms with Gasteiger partial charge in [-0.25, -0.2) is 0 Å². The second-order valence-electron chi connectivity index (χ2n) is 6.61. The van der Waals surface area contributed by atoms with E-state index in [1.165, 1.54) is 31.7 Å². The Morgan fingerprint density at radius 1 is 1.24 bits per heavy atom. The number of aliphatic imine (C=N–C) groups is 1. The van der Waals surface area contributed by atoms with Gasteiger partial charge in [0, 0.05) is 64.5 Å². The number of nitrogens with zero attached hydrogens (tertiary/aromatic N) is 3. The summed E-state index contributed by atoms with van der Waals surface area (Å²) in [6, 6.07) is 6.86. The molecule has 3 fully saturated rings. The first-order valence-electron chi connectivity index (χ1n) is 8.74. The molecule has 0 spiro atoms. The molecule has 0 radical (unpaired) electrons. The Morgan fingerprint density at radius 2 is 2.00 bits per heavy atom. The normalized spacial score (nSPS) is 25.2. The lowest BCUT2D eigenvalue weighted by atomic mass is 10.1. The Hall–Kier alpha value is -1.06. The van der Waals surface area contributed by atoms with Gasteiger partial charge in [-0.2, -0.15) is 0 Å². The molecule has 3 heterocycles. The SMILES string of the molecule is CN=C(NCc1ccc(C)cc1OC)NCC1CN2CCN1CC2.I. The number of halogens is 1. The number of methoxy groups -OCH3 is 1. The zero-order valence-electron chi connectivity index (χ0n) is 15.4. The molecule has 1 unspecified atom stereocenters. The van der Waals surface area contributed by atoms with Gasteiger partial charge in [-0.05, 0) is 18.6 Å². The van der Waals surface area contributed by atoms with Gasteiger partial charge in [0.15, 0.2) is 5.96 Å². The van der Waals surface area contributed by atoms with Crippen molar-refractivity contribution >= 4 is 29.9 Å². The highest BCUT2D eigenvalue weighted by atomic mass is 127. The minimum atomic E-state index is 0. The van der Waals surface area contributed by atoms with E-state index in [2.05, 4.69) is 50.5 Å². The highest BCUT2D eigenvalue weighted by Crippen LogP contribution is 2.19. The van der Waals surface area contributed by atoms with Crippen molar-refractivity contribution in [1.82, 2.24) is 20.4 Å². The van der Waals surface area contributed by atoms with E-state index >= 15 is 0 Å². The summed E-state index contributed by atoms with van der Waals surface area (Å²) in [5.74, 6) is 1.76. The standard InChI is InChI=1S/C18H29N5O.HI/c1-14-4-5-15(17(10-14)24-3)11-20-18(19-2)21-12-16-13-22-6-8-23(16)9-7-22;/h4-5,10,16H,6-9,11-13H2,1-3H3,(H2,19,20,21);1H. The van der Waals surface area contributed by atoms with Crippen LogP contribution in [0.25, 0.3) is 0 Å². The molecule has 3 aliphatic rings. The van der Waals surface area contributed by atoms with Crippen molar-refractivity contribution < 1.29 is 4.74 Å². The maximum atomic E-state index is 5.47. The average molecular weight is 459 g/mol. The molecule has 4 rings (SSSR count). The number of hydrogen-bond donors (Lipinski definition) is 2. The Kier molecular flexibility index (Phi) is 7.77. The monoisotopic (exact) mass is 459 g/mol. The zero-order chi connectivity index (χ0) is 16.9. The summed E-state index contributed by atoms with van der Waals surface area (Å²) in [4.78, 5) is 9.49. The van der Waals surface area contributed by atoms with Crippen LogP contribution in [0.1, 0.15) is 11.1 Å². The van der Waals surface area contributed by atoms with Gasteiger partial charge in [-0.3, -0.25) is 14.8 Å². The van der Waals surface area contributed by atoms with Crippen molar-refractivity contribution in [1.29, 1.82) is 0 Å². The summed E-state index contributed by atoms with van der Waals surface area (Å²) in [6.07, 6.45) is 0. The van der Waals surface area contributed by atoms with Crippen molar-refractivity contribution in [3.8, 4) is 5.75 Å². The number of guanidine groups is 1. The molecule has 7 heteroatoms. The predicted molar refractivity (Wildman–Crippen MR) is 113 cm³/mol. The van der Waals surface area contributed by atoms with E-state index < -0.39 is 0 Å². The molecule has 6 nitrogen and oxygen atoms in total. The molecule has 0 aliphatic carbocycles. The number of nitrogens with one attached hydrogen (secondary N) is 2. The van der Waals surface area contributed by atoms with Crippen LogP contribution in [-0.2, 0) is 6.54 Å². The van der Waals surface area contributed by atoms with Gasteiger partial charge < -0.3 is 15.4 Å². The Morgan fingerprint density at radius 3 is 2.60 bits per heavy atom. The van der Waals surface area contributed by atoms with Crippen LogP contribution in [0.5, 0.6) is 5.75 Å². The van der Waals surface area contributed by atoms with E-state index in [0.717, 1.165) is 30.4 Å². The van der Waals surface area contributed by atoms with Gasteiger partial charge in [0.25, 0.3) is 0 Å². The Balaban J connectivity index is 0.00000225. The summed E-state index contributed by atoms with van der Waals surface area (Å²) in [6.45, 7) is 9.69. The number of fused-ring (bicyclic) bond motifs is 3. The fourth-order valence-electron chi connectivity index (χ4n) is 3.53. The van der Waals surface area contributed by atoms with E-state index in [1.807, 2.05) is 7.05 Å². The van der Waals surface area contributed by atoms with Crippen LogP contribution in [0, 0.1) is 6.92 Å². The second kappa shape index (κ2) is 9.59. The molecule has 1 aromatic rings. The van der Waals surface area contributed by atoms with E-state index in [-0.39, 0.29) is 24.0 Å². The summed E-state index contributed by atoms with van der Waals surface area (Å²) < 4.78 is 5.47. The lowest BCUT2D eigenvalue weighted by molar-refractivity contribution is 0.0154. The fraction of sp³-hybridized carbons (Fsp3) is 0.611. The Bertz CT molecular complexity index is 587. The van der Waals surface area contributed by atoms with Crippen LogP contribution < -0.4 is 15.4 Å². The van der Waals surface area contributed by atoms with Crippen LogP contribution in [0.4, 0.5) is 0 Å². The molecule has 0 amide bonds. The van der Waals surface area contributed by atoms with E-state index in [4.69, 9.17) is 4.74 Å². The van der Waals surface area contributed by atoms with Crippen LogP contribution >= 0.6 is 24.0 Å². The van der Waals surface area contributed by atoms with E-state index in [1.54, 1.807) is 7.11 Å². The second-order valence-corrected chi connectivity index (χ2v) is 6.61. The van der Waals surface area contributed by atoms with Crippen LogP contribution in [0.3, 0.4) is 0 Å². The van der Waals surface area contributed by atoms with Gasteiger partial charge in [-0.15, -0.1) is 24.0 Å². The molecule has 1 aromatic carbocycles. The van der Waals surface area contributed by atoms with Crippen molar-refractivity contribution in [3.05, 3.63) is 29.3 Å². The van der Waals surface area contributed by atoms with Gasteiger partial charge in [0.2, 0.25) is 0 Å². The highest BCUT2D eigenvalue weighted by Gasteiger charge is 2.31. The molecule has 2 N–H and O–H groups in total. The first-order chi connectivity index (χ1) is 11.7. The number of benzene rings is 1. The van der Waals surface area contributed by atoms with E-state index in [0.29, 0.717) is 12.6 Å². The first-order valence-corrected chi connectivity index (χ1v) is 8.74. The summed E-state index contributed by atoms with van der Waals surface area (Å²) in [7, 11) is 3.53. The van der Waals surface area contributed by atoms with Gasteiger partial charge in [-0.1, -0.05) is 12.1 Å². The van der Waals surface area contributed by atoms with Crippen molar-refractivity contribution in [3.63, 3.8) is 0 Å².